The molecule has 1 amide bonds. The van der Waals surface area contributed by atoms with Crippen molar-refractivity contribution in [2.75, 3.05) is 0 Å². The zero-order valence-corrected chi connectivity index (χ0v) is 6.82. The normalized spacial score (nSPS) is 11.3. The predicted molar refractivity (Wildman–Crippen MR) is 39.7 cm³/mol. The number of carbonyl (C=O) groups is 2. The van der Waals surface area contributed by atoms with E-state index in [0.717, 1.165) is 0 Å². The molecule has 5 nitrogen and oxygen atoms in total. The highest BCUT2D eigenvalue weighted by Gasteiger charge is 2.12. The molecule has 0 spiro atoms. The quantitative estimate of drug-likeness (QED) is 0.550. The smallest absolute Gasteiger partial charge is 0.305 e. The molecule has 6 heteroatoms. The Morgan fingerprint density at radius 2 is 1.90 bits per heavy atom. The molecule has 0 bridgehead atoms. The van der Waals surface area contributed by atoms with Crippen LogP contribution in [0.15, 0.2) is 0 Å². The molecule has 0 radical (unpaired) electrons. The van der Waals surface area contributed by atoms with Gasteiger partial charge < -0.3 is 16.6 Å². The third kappa shape index (κ3) is 5.52. The van der Waals surface area contributed by atoms with Crippen molar-refractivity contribution in [3.63, 3.8) is 0 Å². The van der Waals surface area contributed by atoms with E-state index >= 15 is 0 Å². The molecular weight excluding hydrogens is 204 g/mol. The maximum atomic E-state index is 10.1. The van der Waals surface area contributed by atoms with Crippen LogP contribution in [0.3, 0.4) is 0 Å². The number of nitrogens with two attached hydrogens (primary N) is 2. The number of carboxylic acid groups (broad SMARTS) is 1. The molecule has 10 heavy (non-hydrogen) atoms. The van der Waals surface area contributed by atoms with Crippen molar-refractivity contribution in [2.24, 2.45) is 11.5 Å². The minimum atomic E-state index is -1.12. The maximum absolute atomic E-state index is 10.1. The first-order chi connectivity index (χ1) is 4.04. The summed E-state index contributed by atoms with van der Waals surface area (Å²) in [7, 11) is 0. The van der Waals surface area contributed by atoms with Crippen LogP contribution in [0.5, 0.6) is 0 Å². The Kier molecular flexibility index (Phi) is 6.27. The van der Waals surface area contributed by atoms with Gasteiger partial charge in [-0.05, 0) is 0 Å². The lowest BCUT2D eigenvalue weighted by molar-refractivity contribution is -0.139. The number of carboxylic acids is 1. The predicted octanol–water partition coefficient (Wildman–Crippen LogP) is -1.15. The van der Waals surface area contributed by atoms with Crippen molar-refractivity contribution in [2.45, 2.75) is 12.5 Å². The third-order valence-electron chi connectivity index (χ3n) is 0.760. The summed E-state index contributed by atoms with van der Waals surface area (Å²) in [6, 6.07) is -1.07. The number of hydrogen-bond donors (Lipinski definition) is 3. The molecule has 0 aliphatic heterocycles. The lowest BCUT2D eigenvalue weighted by atomic mass is 10.2. The molecule has 60 valence electrons. The summed E-state index contributed by atoms with van der Waals surface area (Å²) in [5.41, 5.74) is 9.62. The second-order valence-electron chi connectivity index (χ2n) is 1.61. The Bertz CT molecular complexity index is 138. The zero-order valence-electron chi connectivity index (χ0n) is 5.11. The topological polar surface area (TPSA) is 106 Å². The van der Waals surface area contributed by atoms with Crippen LogP contribution >= 0.6 is 17.0 Å². The average Bonchev–Trinajstić information content (AvgIpc) is 1.63. The molecule has 0 aliphatic carbocycles. The Hall–Kier alpha value is -0.620. The molecule has 0 saturated carbocycles. The molecule has 0 saturated heterocycles. The fourth-order valence-corrected chi connectivity index (χ4v) is 0.289. The molecule has 0 fully saturated rings. The molecule has 0 aromatic carbocycles. The Morgan fingerprint density at radius 1 is 1.50 bits per heavy atom. The van der Waals surface area contributed by atoms with Crippen molar-refractivity contribution in [1.29, 1.82) is 0 Å². The Balaban J connectivity index is 0. The van der Waals surface area contributed by atoms with E-state index < -0.39 is 24.3 Å². The SMILES string of the molecule is Br.NC(=O)[C@@H](N)CC(=O)O. The summed E-state index contributed by atoms with van der Waals surface area (Å²) < 4.78 is 0. The molecule has 0 rings (SSSR count). The molecular formula is C4H9BrN2O3. The van der Waals surface area contributed by atoms with Gasteiger partial charge >= 0.3 is 5.97 Å². The van der Waals surface area contributed by atoms with E-state index in [2.05, 4.69) is 5.73 Å². The number of rotatable bonds is 3. The van der Waals surface area contributed by atoms with E-state index in [0.29, 0.717) is 0 Å². The summed E-state index contributed by atoms with van der Waals surface area (Å²) in [6.07, 6.45) is -0.407. The van der Waals surface area contributed by atoms with Gasteiger partial charge in [-0.1, -0.05) is 0 Å². The number of primary amides is 1. The second kappa shape index (κ2) is 5.19. The zero-order chi connectivity index (χ0) is 7.44. The monoisotopic (exact) mass is 212 g/mol. The van der Waals surface area contributed by atoms with Gasteiger partial charge in [-0.3, -0.25) is 9.59 Å². The molecule has 1 atom stereocenters. The number of halogens is 1. The van der Waals surface area contributed by atoms with Crippen LogP contribution in [0.25, 0.3) is 0 Å². The van der Waals surface area contributed by atoms with Gasteiger partial charge in [0.2, 0.25) is 5.91 Å². The van der Waals surface area contributed by atoms with E-state index in [1.54, 1.807) is 0 Å². The van der Waals surface area contributed by atoms with Crippen molar-refractivity contribution in [1.82, 2.24) is 0 Å². The molecule has 0 unspecified atom stereocenters. The van der Waals surface area contributed by atoms with Crippen molar-refractivity contribution < 1.29 is 14.7 Å². The first kappa shape index (κ1) is 12.1. The van der Waals surface area contributed by atoms with E-state index in [-0.39, 0.29) is 17.0 Å². The van der Waals surface area contributed by atoms with Crippen LogP contribution in [0.2, 0.25) is 0 Å². The lowest BCUT2D eigenvalue weighted by Crippen LogP contribution is -2.38. The molecule has 0 aliphatic rings. The summed E-state index contributed by atoms with van der Waals surface area (Å²) in [6.45, 7) is 0. The van der Waals surface area contributed by atoms with Gasteiger partial charge in [0.05, 0.1) is 12.5 Å². The maximum Gasteiger partial charge on any atom is 0.305 e. The van der Waals surface area contributed by atoms with Crippen LogP contribution in [0.4, 0.5) is 0 Å². The highest BCUT2D eigenvalue weighted by atomic mass is 79.9. The van der Waals surface area contributed by atoms with Gasteiger partial charge in [0.15, 0.2) is 0 Å². The number of aliphatic carboxylic acids is 1. The Morgan fingerprint density at radius 3 is 2.00 bits per heavy atom. The van der Waals surface area contributed by atoms with Gasteiger partial charge in [-0.15, -0.1) is 17.0 Å². The van der Waals surface area contributed by atoms with E-state index in [1.807, 2.05) is 0 Å². The molecule has 5 N–H and O–H groups in total. The highest BCUT2D eigenvalue weighted by Crippen LogP contribution is 1.84. The van der Waals surface area contributed by atoms with Gasteiger partial charge in [-0.25, -0.2) is 0 Å². The molecule has 0 aromatic heterocycles. The third-order valence-corrected chi connectivity index (χ3v) is 0.760. The van der Waals surface area contributed by atoms with E-state index in [1.165, 1.54) is 0 Å². The van der Waals surface area contributed by atoms with E-state index in [9.17, 15) is 9.59 Å². The largest absolute Gasteiger partial charge is 0.481 e. The average molecular weight is 213 g/mol. The summed E-state index contributed by atoms with van der Waals surface area (Å²) in [5, 5.41) is 8.04. The minimum absolute atomic E-state index is 0. The van der Waals surface area contributed by atoms with Crippen molar-refractivity contribution in [3.8, 4) is 0 Å². The fraction of sp³-hybridized carbons (Fsp3) is 0.500. The summed E-state index contributed by atoms with van der Waals surface area (Å²) >= 11 is 0. The van der Waals surface area contributed by atoms with Gasteiger partial charge in [-0.2, -0.15) is 0 Å². The van der Waals surface area contributed by atoms with Crippen molar-refractivity contribution >= 4 is 28.9 Å². The van der Waals surface area contributed by atoms with Crippen LogP contribution in [0.1, 0.15) is 6.42 Å². The first-order valence-electron chi connectivity index (χ1n) is 2.30. The summed E-state index contributed by atoms with van der Waals surface area (Å²) in [4.78, 5) is 19.9. The minimum Gasteiger partial charge on any atom is -0.481 e. The number of carbonyl (C=O) groups excluding carboxylic acids is 1. The number of hydrogen-bond acceptors (Lipinski definition) is 3. The standard InChI is InChI=1S/C4H8N2O3.BrH/c5-2(4(6)9)1-3(7)8;/h2H,1,5H2,(H2,6,9)(H,7,8);1H/t2-;/m0./s1. The second-order valence-corrected chi connectivity index (χ2v) is 1.61. The van der Waals surface area contributed by atoms with Crippen LogP contribution in [0, 0.1) is 0 Å². The lowest BCUT2D eigenvalue weighted by Gasteiger charge is -2.00. The van der Waals surface area contributed by atoms with E-state index in [4.69, 9.17) is 10.8 Å². The summed E-state index contributed by atoms with van der Waals surface area (Å²) in [5.74, 6) is -1.92. The van der Waals surface area contributed by atoms with Gasteiger partial charge in [0.1, 0.15) is 0 Å². The van der Waals surface area contributed by atoms with Crippen LogP contribution < -0.4 is 11.5 Å². The van der Waals surface area contributed by atoms with Crippen LogP contribution in [-0.2, 0) is 9.59 Å². The highest BCUT2D eigenvalue weighted by molar-refractivity contribution is 8.93. The first-order valence-corrected chi connectivity index (χ1v) is 2.30. The molecule has 0 aromatic rings. The van der Waals surface area contributed by atoms with Crippen molar-refractivity contribution in [3.05, 3.63) is 0 Å². The van der Waals surface area contributed by atoms with Gasteiger partial charge in [0, 0.05) is 0 Å². The Labute approximate surface area is 68.1 Å². The van der Waals surface area contributed by atoms with Crippen LogP contribution in [-0.4, -0.2) is 23.0 Å². The number of amides is 1. The fourth-order valence-electron chi connectivity index (χ4n) is 0.289. The van der Waals surface area contributed by atoms with Gasteiger partial charge in [0.25, 0.3) is 0 Å². The molecule has 0 heterocycles.